The number of ether oxygens (including phenoxy) is 1. The quantitative estimate of drug-likeness (QED) is 0.656. The molecule has 0 aliphatic carbocycles. The first-order chi connectivity index (χ1) is 12.2. The third-order valence-electron chi connectivity index (χ3n) is 4.88. The molecule has 0 fully saturated rings. The summed E-state index contributed by atoms with van der Waals surface area (Å²) in [6.07, 6.45) is 5.67. The Kier molecular flexibility index (Phi) is 6.43. The summed E-state index contributed by atoms with van der Waals surface area (Å²) < 4.78 is 6.13. The Bertz CT molecular complexity index is 609. The molecule has 0 spiro atoms. The molecule has 2 aromatic rings. The lowest BCUT2D eigenvalue weighted by Crippen LogP contribution is -2.48. The Morgan fingerprint density at radius 1 is 0.880 bits per heavy atom. The van der Waals surface area contributed by atoms with Gasteiger partial charge in [-0.25, -0.2) is 0 Å². The largest absolute Gasteiger partial charge is 0.372 e. The predicted octanol–water partition coefficient (Wildman–Crippen LogP) is 5.06. The Labute approximate surface area is 152 Å². The molecule has 132 valence electrons. The lowest BCUT2D eigenvalue weighted by molar-refractivity contribution is -0.0306. The van der Waals surface area contributed by atoms with Gasteiger partial charge in [0.25, 0.3) is 0 Å². The first-order valence-electron chi connectivity index (χ1n) is 9.32. The molecule has 2 heteroatoms. The van der Waals surface area contributed by atoms with E-state index in [2.05, 4.69) is 91.6 Å². The highest BCUT2D eigenvalue weighted by atomic mass is 16.5. The Balaban J connectivity index is 1.85. The highest BCUT2D eigenvalue weighted by molar-refractivity contribution is 5.18. The fourth-order valence-electron chi connectivity index (χ4n) is 3.77. The summed E-state index contributed by atoms with van der Waals surface area (Å²) in [7, 11) is 0. The van der Waals surface area contributed by atoms with Crippen LogP contribution in [0, 0.1) is 5.92 Å². The summed E-state index contributed by atoms with van der Waals surface area (Å²) in [6.45, 7) is 7.26. The molecule has 25 heavy (non-hydrogen) atoms. The van der Waals surface area contributed by atoms with Crippen LogP contribution in [0.3, 0.4) is 0 Å². The molecule has 2 aromatic carbocycles. The summed E-state index contributed by atoms with van der Waals surface area (Å²) in [5, 5.41) is 0. The first-order valence-corrected chi connectivity index (χ1v) is 9.32. The van der Waals surface area contributed by atoms with E-state index >= 15 is 0 Å². The highest BCUT2D eigenvalue weighted by Gasteiger charge is 2.31. The van der Waals surface area contributed by atoms with E-state index in [9.17, 15) is 0 Å². The van der Waals surface area contributed by atoms with E-state index in [4.69, 9.17) is 4.74 Å². The van der Waals surface area contributed by atoms with E-state index in [-0.39, 0.29) is 6.10 Å². The molecule has 1 aliphatic rings. The van der Waals surface area contributed by atoms with E-state index in [0.29, 0.717) is 12.0 Å². The lowest BCUT2D eigenvalue weighted by atomic mass is 9.92. The van der Waals surface area contributed by atoms with Crippen molar-refractivity contribution in [1.82, 2.24) is 4.90 Å². The van der Waals surface area contributed by atoms with Crippen LogP contribution in [0.5, 0.6) is 0 Å². The first kappa shape index (κ1) is 17.9. The molecule has 3 rings (SSSR count). The number of rotatable bonds is 7. The van der Waals surface area contributed by atoms with Crippen molar-refractivity contribution < 1.29 is 4.74 Å². The van der Waals surface area contributed by atoms with Gasteiger partial charge in [-0.2, -0.15) is 0 Å². The Morgan fingerprint density at radius 2 is 1.44 bits per heavy atom. The minimum Gasteiger partial charge on any atom is -0.372 e. The molecule has 0 saturated heterocycles. The molecule has 1 unspecified atom stereocenters. The van der Waals surface area contributed by atoms with Gasteiger partial charge in [-0.3, -0.25) is 4.90 Å². The zero-order chi connectivity index (χ0) is 17.5. The second-order valence-corrected chi connectivity index (χ2v) is 7.19. The maximum absolute atomic E-state index is 6.13. The highest BCUT2D eigenvalue weighted by Crippen LogP contribution is 2.26. The van der Waals surface area contributed by atoms with Crippen LogP contribution >= 0.6 is 0 Å². The fraction of sp³-hybridized carbons (Fsp3) is 0.391. The smallest absolute Gasteiger partial charge is 0.0771 e. The van der Waals surface area contributed by atoms with Gasteiger partial charge in [0.1, 0.15) is 0 Å². The Morgan fingerprint density at radius 3 is 1.88 bits per heavy atom. The average Bonchev–Trinajstić information content (AvgIpc) is 2.64. The zero-order valence-corrected chi connectivity index (χ0v) is 15.3. The number of nitrogens with zero attached hydrogens (tertiary/aromatic N) is 1. The molecule has 0 saturated carbocycles. The van der Waals surface area contributed by atoms with Gasteiger partial charge >= 0.3 is 0 Å². The standard InChI is InChI=1S/C23H29NO/c1-19(2)23(22-15-9-10-16-25-22)24(17-20-11-5-3-6-12-20)18-21-13-7-4-8-14-21/h3-14,19,22-23H,15-18H2,1-2H3/t22?,23-/m1/s1. The molecular formula is C23H29NO. The maximum atomic E-state index is 6.13. The van der Waals surface area contributed by atoms with Crippen molar-refractivity contribution in [2.45, 2.75) is 45.5 Å². The normalized spacial score (nSPS) is 18.6. The average molecular weight is 335 g/mol. The topological polar surface area (TPSA) is 12.5 Å². The van der Waals surface area contributed by atoms with Gasteiger partial charge in [-0.1, -0.05) is 86.7 Å². The molecule has 2 nitrogen and oxygen atoms in total. The summed E-state index contributed by atoms with van der Waals surface area (Å²) in [5.41, 5.74) is 2.71. The molecule has 0 radical (unpaired) electrons. The van der Waals surface area contributed by atoms with Crippen LogP contribution in [0.1, 0.15) is 31.4 Å². The molecule has 1 heterocycles. The minimum absolute atomic E-state index is 0.262. The Hall–Kier alpha value is -1.90. The predicted molar refractivity (Wildman–Crippen MR) is 104 cm³/mol. The van der Waals surface area contributed by atoms with Crippen LogP contribution in [0.15, 0.2) is 72.8 Å². The fourth-order valence-corrected chi connectivity index (χ4v) is 3.77. The van der Waals surface area contributed by atoms with Crippen LogP contribution in [-0.4, -0.2) is 23.7 Å². The summed E-state index contributed by atoms with van der Waals surface area (Å²) in [6, 6.07) is 21.9. The van der Waals surface area contributed by atoms with Crippen molar-refractivity contribution in [3.63, 3.8) is 0 Å². The summed E-state index contributed by atoms with van der Waals surface area (Å²) in [4.78, 5) is 2.60. The summed E-state index contributed by atoms with van der Waals surface area (Å²) in [5.74, 6) is 0.531. The monoisotopic (exact) mass is 335 g/mol. The van der Waals surface area contributed by atoms with Gasteiger partial charge < -0.3 is 4.74 Å². The van der Waals surface area contributed by atoms with Gasteiger partial charge in [0.15, 0.2) is 0 Å². The number of benzene rings is 2. The second-order valence-electron chi connectivity index (χ2n) is 7.19. The molecule has 1 aliphatic heterocycles. The lowest BCUT2D eigenvalue weighted by Gasteiger charge is -2.40. The molecule has 0 bridgehead atoms. The van der Waals surface area contributed by atoms with Gasteiger partial charge in [-0.15, -0.1) is 0 Å². The molecule has 0 aromatic heterocycles. The van der Waals surface area contributed by atoms with Crippen molar-refractivity contribution in [3.05, 3.63) is 83.9 Å². The molecule has 0 amide bonds. The van der Waals surface area contributed by atoms with Crippen LogP contribution in [-0.2, 0) is 17.8 Å². The van der Waals surface area contributed by atoms with Crippen LogP contribution in [0.2, 0.25) is 0 Å². The van der Waals surface area contributed by atoms with Crippen LogP contribution < -0.4 is 0 Å². The van der Waals surface area contributed by atoms with Crippen molar-refractivity contribution >= 4 is 0 Å². The third-order valence-corrected chi connectivity index (χ3v) is 4.88. The SMILES string of the molecule is CC(C)[C@H](C1CC=CCO1)N(Cc1ccccc1)Cc1ccccc1. The van der Waals surface area contributed by atoms with Crippen molar-refractivity contribution in [1.29, 1.82) is 0 Å². The van der Waals surface area contributed by atoms with Crippen LogP contribution in [0.4, 0.5) is 0 Å². The van der Waals surface area contributed by atoms with Gasteiger partial charge in [0.05, 0.1) is 12.7 Å². The maximum Gasteiger partial charge on any atom is 0.0771 e. The second kappa shape index (κ2) is 8.98. The number of hydrogen-bond donors (Lipinski definition) is 0. The van der Waals surface area contributed by atoms with Crippen molar-refractivity contribution in [2.75, 3.05) is 6.61 Å². The third kappa shape index (κ3) is 5.04. The van der Waals surface area contributed by atoms with Gasteiger partial charge in [-0.05, 0) is 23.5 Å². The molecule has 2 atom stereocenters. The van der Waals surface area contributed by atoms with E-state index in [1.807, 2.05) is 0 Å². The summed E-state index contributed by atoms with van der Waals surface area (Å²) >= 11 is 0. The number of hydrogen-bond acceptors (Lipinski definition) is 2. The van der Waals surface area contributed by atoms with Crippen molar-refractivity contribution in [2.24, 2.45) is 5.92 Å². The molecule has 0 N–H and O–H groups in total. The minimum atomic E-state index is 0.262. The van der Waals surface area contributed by atoms with Crippen LogP contribution in [0.25, 0.3) is 0 Å². The zero-order valence-electron chi connectivity index (χ0n) is 15.3. The molecular weight excluding hydrogens is 306 g/mol. The van der Waals surface area contributed by atoms with E-state index in [1.165, 1.54) is 11.1 Å². The van der Waals surface area contributed by atoms with Gasteiger partial charge in [0.2, 0.25) is 0 Å². The van der Waals surface area contributed by atoms with E-state index in [0.717, 1.165) is 26.1 Å². The van der Waals surface area contributed by atoms with E-state index in [1.54, 1.807) is 0 Å². The van der Waals surface area contributed by atoms with Gasteiger partial charge in [0, 0.05) is 19.1 Å². The van der Waals surface area contributed by atoms with Crippen molar-refractivity contribution in [3.8, 4) is 0 Å². The van der Waals surface area contributed by atoms with E-state index < -0.39 is 0 Å².